The number of carboxylic acids is 1. The van der Waals surface area contributed by atoms with Crippen molar-refractivity contribution in [1.29, 1.82) is 0 Å². The van der Waals surface area contributed by atoms with Gasteiger partial charge in [0.2, 0.25) is 0 Å². The number of hydrogen-bond acceptors (Lipinski definition) is 2. The Morgan fingerprint density at radius 1 is 1.30 bits per heavy atom. The minimum absolute atomic E-state index is 0.135. The Kier molecular flexibility index (Phi) is 3.99. The maximum Gasteiger partial charge on any atom is 0.308 e. The zero-order valence-electron chi connectivity index (χ0n) is 11.5. The van der Waals surface area contributed by atoms with Crippen molar-refractivity contribution in [3.05, 3.63) is 34.9 Å². The highest BCUT2D eigenvalue weighted by atomic mass is 35.5. The van der Waals surface area contributed by atoms with Gasteiger partial charge < -0.3 is 5.11 Å². The average molecular weight is 294 g/mol. The molecule has 0 saturated carbocycles. The van der Waals surface area contributed by atoms with Gasteiger partial charge in [0.1, 0.15) is 0 Å². The number of nitrogens with zero attached hydrogens (tertiary/aromatic N) is 1. The van der Waals surface area contributed by atoms with Crippen molar-refractivity contribution in [2.24, 2.45) is 5.92 Å². The Morgan fingerprint density at radius 3 is 2.70 bits per heavy atom. The number of aliphatic carboxylic acids is 1. The van der Waals surface area contributed by atoms with Crippen molar-refractivity contribution in [2.45, 2.75) is 44.2 Å². The second-order valence-electron chi connectivity index (χ2n) is 5.95. The SMILES string of the molecule is O=C(O)C1CC2CCC1N2CCCc1ccc(Cl)cc1. The Hall–Kier alpha value is -1.06. The highest BCUT2D eigenvalue weighted by Crippen LogP contribution is 2.41. The lowest BCUT2D eigenvalue weighted by atomic mass is 9.89. The first-order valence-corrected chi connectivity index (χ1v) is 7.76. The van der Waals surface area contributed by atoms with E-state index >= 15 is 0 Å². The second-order valence-corrected chi connectivity index (χ2v) is 6.38. The number of rotatable bonds is 5. The topological polar surface area (TPSA) is 40.5 Å². The van der Waals surface area contributed by atoms with Crippen LogP contribution in [0.3, 0.4) is 0 Å². The summed E-state index contributed by atoms with van der Waals surface area (Å²) in [6, 6.07) is 8.78. The van der Waals surface area contributed by atoms with Crippen LogP contribution in [0.1, 0.15) is 31.2 Å². The lowest BCUT2D eigenvalue weighted by Crippen LogP contribution is -2.33. The molecule has 2 aliphatic rings. The van der Waals surface area contributed by atoms with Crippen molar-refractivity contribution in [1.82, 2.24) is 4.90 Å². The third-order valence-electron chi connectivity index (χ3n) is 4.79. The van der Waals surface area contributed by atoms with E-state index in [1.54, 1.807) is 0 Å². The van der Waals surface area contributed by atoms with Crippen molar-refractivity contribution in [2.75, 3.05) is 6.54 Å². The van der Waals surface area contributed by atoms with Gasteiger partial charge in [-0.2, -0.15) is 0 Å². The molecule has 2 bridgehead atoms. The molecule has 0 aliphatic carbocycles. The first kappa shape index (κ1) is 13.9. The standard InChI is InChI=1S/C16H20ClNO2/c17-12-5-3-11(4-6-12)2-1-9-18-13-7-8-15(18)14(10-13)16(19)20/h3-6,13-15H,1-2,7-10H2,(H,19,20). The summed E-state index contributed by atoms with van der Waals surface area (Å²) in [4.78, 5) is 13.7. The molecule has 3 rings (SSSR count). The zero-order valence-corrected chi connectivity index (χ0v) is 12.2. The third-order valence-corrected chi connectivity index (χ3v) is 5.05. The number of aryl methyl sites for hydroxylation is 1. The van der Waals surface area contributed by atoms with Gasteiger partial charge in [0.25, 0.3) is 0 Å². The third kappa shape index (κ3) is 2.70. The molecule has 2 fully saturated rings. The van der Waals surface area contributed by atoms with Crippen molar-refractivity contribution < 1.29 is 9.90 Å². The van der Waals surface area contributed by atoms with Crippen LogP contribution < -0.4 is 0 Å². The molecule has 2 heterocycles. The van der Waals surface area contributed by atoms with E-state index in [1.807, 2.05) is 12.1 Å². The number of benzene rings is 1. The number of hydrogen-bond donors (Lipinski definition) is 1. The lowest BCUT2D eigenvalue weighted by molar-refractivity contribution is -0.142. The molecular weight excluding hydrogens is 274 g/mol. The molecule has 1 aromatic rings. The monoisotopic (exact) mass is 293 g/mol. The quantitative estimate of drug-likeness (QED) is 0.906. The normalized spacial score (nSPS) is 28.9. The van der Waals surface area contributed by atoms with Crippen LogP contribution in [-0.2, 0) is 11.2 Å². The van der Waals surface area contributed by atoms with Crippen molar-refractivity contribution >= 4 is 17.6 Å². The summed E-state index contributed by atoms with van der Waals surface area (Å²) in [5.74, 6) is -0.746. The van der Waals surface area contributed by atoms with Gasteiger partial charge >= 0.3 is 5.97 Å². The van der Waals surface area contributed by atoms with Gasteiger partial charge in [-0.05, 0) is 56.3 Å². The fourth-order valence-electron chi connectivity index (χ4n) is 3.83. The molecule has 3 atom stereocenters. The second kappa shape index (κ2) is 5.74. The van der Waals surface area contributed by atoms with E-state index in [1.165, 1.54) is 12.0 Å². The molecule has 108 valence electrons. The van der Waals surface area contributed by atoms with E-state index in [0.717, 1.165) is 37.3 Å². The molecule has 1 N–H and O–H groups in total. The Balaban J connectivity index is 1.52. The minimum Gasteiger partial charge on any atom is -0.481 e. The van der Waals surface area contributed by atoms with Gasteiger partial charge in [-0.3, -0.25) is 9.69 Å². The molecule has 1 aromatic carbocycles. The molecule has 2 aliphatic heterocycles. The fraction of sp³-hybridized carbons (Fsp3) is 0.562. The zero-order chi connectivity index (χ0) is 14.1. The average Bonchev–Trinajstić information content (AvgIpc) is 2.98. The Morgan fingerprint density at radius 2 is 2.05 bits per heavy atom. The highest BCUT2D eigenvalue weighted by Gasteiger charge is 2.48. The van der Waals surface area contributed by atoms with Crippen molar-refractivity contribution in [3.8, 4) is 0 Å². The van der Waals surface area contributed by atoms with E-state index in [2.05, 4.69) is 17.0 Å². The van der Waals surface area contributed by atoms with Crippen LogP contribution in [0.2, 0.25) is 5.02 Å². The van der Waals surface area contributed by atoms with Crippen LogP contribution in [-0.4, -0.2) is 34.6 Å². The fourth-order valence-corrected chi connectivity index (χ4v) is 3.96. The van der Waals surface area contributed by atoms with Crippen LogP contribution in [0.15, 0.2) is 24.3 Å². The molecule has 3 nitrogen and oxygen atoms in total. The van der Waals surface area contributed by atoms with E-state index in [-0.39, 0.29) is 12.0 Å². The number of halogens is 1. The largest absolute Gasteiger partial charge is 0.481 e. The van der Waals surface area contributed by atoms with Crippen LogP contribution in [0.25, 0.3) is 0 Å². The summed E-state index contributed by atoms with van der Waals surface area (Å²) in [6.07, 6.45) is 5.20. The number of carboxylic acid groups (broad SMARTS) is 1. The van der Waals surface area contributed by atoms with E-state index in [9.17, 15) is 9.90 Å². The van der Waals surface area contributed by atoms with Gasteiger partial charge in [0.05, 0.1) is 5.92 Å². The highest BCUT2D eigenvalue weighted by molar-refractivity contribution is 6.30. The molecule has 0 aromatic heterocycles. The molecule has 0 radical (unpaired) electrons. The van der Waals surface area contributed by atoms with E-state index < -0.39 is 5.97 Å². The number of carbonyl (C=O) groups is 1. The summed E-state index contributed by atoms with van der Waals surface area (Å²) < 4.78 is 0. The molecule has 4 heteroatoms. The van der Waals surface area contributed by atoms with E-state index in [4.69, 9.17) is 11.6 Å². The first-order chi connectivity index (χ1) is 9.65. The summed E-state index contributed by atoms with van der Waals surface area (Å²) in [7, 11) is 0. The van der Waals surface area contributed by atoms with Gasteiger partial charge in [0.15, 0.2) is 0 Å². The van der Waals surface area contributed by atoms with Crippen molar-refractivity contribution in [3.63, 3.8) is 0 Å². The molecule has 2 saturated heterocycles. The lowest BCUT2D eigenvalue weighted by Gasteiger charge is -2.22. The van der Waals surface area contributed by atoms with Crippen LogP contribution in [0.4, 0.5) is 0 Å². The Bertz CT molecular complexity index is 488. The minimum atomic E-state index is -0.611. The first-order valence-electron chi connectivity index (χ1n) is 7.38. The Labute approximate surface area is 124 Å². The molecular formula is C16H20ClNO2. The van der Waals surface area contributed by atoms with Gasteiger partial charge in [0, 0.05) is 17.1 Å². The number of fused-ring (bicyclic) bond motifs is 2. The molecule has 3 unspecified atom stereocenters. The smallest absolute Gasteiger partial charge is 0.308 e. The summed E-state index contributed by atoms with van der Waals surface area (Å²) in [5.41, 5.74) is 1.30. The van der Waals surface area contributed by atoms with Gasteiger partial charge in [-0.25, -0.2) is 0 Å². The van der Waals surface area contributed by atoms with Crippen LogP contribution >= 0.6 is 11.6 Å². The predicted molar refractivity (Wildman–Crippen MR) is 79.0 cm³/mol. The van der Waals surface area contributed by atoms with Gasteiger partial charge in [-0.1, -0.05) is 23.7 Å². The summed E-state index contributed by atoms with van der Waals surface area (Å²) in [6.45, 7) is 1.02. The summed E-state index contributed by atoms with van der Waals surface area (Å²) in [5, 5.41) is 10.0. The predicted octanol–water partition coefficient (Wildman–Crippen LogP) is 3.21. The maximum atomic E-state index is 11.2. The summed E-state index contributed by atoms with van der Waals surface area (Å²) >= 11 is 5.88. The molecule has 0 spiro atoms. The maximum absolute atomic E-state index is 11.2. The van der Waals surface area contributed by atoms with E-state index in [0.29, 0.717) is 6.04 Å². The van der Waals surface area contributed by atoms with Crippen LogP contribution in [0, 0.1) is 5.92 Å². The van der Waals surface area contributed by atoms with Gasteiger partial charge in [-0.15, -0.1) is 0 Å². The van der Waals surface area contributed by atoms with Crippen LogP contribution in [0.5, 0.6) is 0 Å². The molecule has 20 heavy (non-hydrogen) atoms. The molecule has 0 amide bonds.